The lowest BCUT2D eigenvalue weighted by Gasteiger charge is -2.07. The second-order valence-electron chi connectivity index (χ2n) is 3.86. The van der Waals surface area contributed by atoms with E-state index in [0.717, 1.165) is 17.7 Å². The van der Waals surface area contributed by atoms with Gasteiger partial charge < -0.3 is 4.74 Å². The lowest BCUT2D eigenvalue weighted by molar-refractivity contribution is 0.463. The topological polar surface area (TPSA) is 22.1 Å². The normalized spacial score (nSPS) is 10.4. The molecule has 0 saturated heterocycles. The van der Waals surface area contributed by atoms with Crippen molar-refractivity contribution in [2.24, 2.45) is 0 Å². The molecule has 0 bridgehead atoms. The van der Waals surface area contributed by atoms with Gasteiger partial charge in [0.05, 0.1) is 0 Å². The zero-order chi connectivity index (χ0) is 13.0. The summed E-state index contributed by atoms with van der Waals surface area (Å²) in [7, 11) is 0. The highest BCUT2D eigenvalue weighted by atomic mass is 35.5. The van der Waals surface area contributed by atoms with E-state index in [1.54, 1.807) is 12.3 Å². The maximum atomic E-state index is 6.07. The molecule has 1 aromatic carbocycles. The van der Waals surface area contributed by atoms with Crippen molar-refractivity contribution in [3.05, 3.63) is 52.7 Å². The van der Waals surface area contributed by atoms with Crippen LogP contribution in [-0.4, -0.2) is 4.98 Å². The first-order chi connectivity index (χ1) is 8.72. The SMILES string of the molecule is CCc1ccc(Oc2ncc(CCl)cc2Cl)cc1. The van der Waals surface area contributed by atoms with Crippen molar-refractivity contribution in [3.8, 4) is 11.6 Å². The molecule has 94 valence electrons. The summed E-state index contributed by atoms with van der Waals surface area (Å²) < 4.78 is 5.62. The van der Waals surface area contributed by atoms with E-state index < -0.39 is 0 Å². The van der Waals surface area contributed by atoms with Gasteiger partial charge in [-0.1, -0.05) is 30.7 Å². The summed E-state index contributed by atoms with van der Waals surface area (Å²) in [5.74, 6) is 1.51. The summed E-state index contributed by atoms with van der Waals surface area (Å²) in [6.45, 7) is 2.11. The number of alkyl halides is 1. The van der Waals surface area contributed by atoms with E-state index in [4.69, 9.17) is 27.9 Å². The number of aryl methyl sites for hydroxylation is 1. The average Bonchev–Trinajstić information content (AvgIpc) is 2.42. The van der Waals surface area contributed by atoms with Crippen LogP contribution in [0.3, 0.4) is 0 Å². The Morgan fingerprint density at radius 1 is 1.17 bits per heavy atom. The number of halogens is 2. The van der Waals surface area contributed by atoms with Crippen LogP contribution < -0.4 is 4.74 Å². The van der Waals surface area contributed by atoms with Gasteiger partial charge in [-0.15, -0.1) is 11.6 Å². The molecule has 0 aliphatic carbocycles. The Kier molecular flexibility index (Phi) is 4.45. The summed E-state index contributed by atoms with van der Waals surface area (Å²) >= 11 is 11.8. The fourth-order valence-electron chi connectivity index (χ4n) is 1.52. The number of rotatable bonds is 4. The molecule has 2 nitrogen and oxygen atoms in total. The largest absolute Gasteiger partial charge is 0.438 e. The van der Waals surface area contributed by atoms with Crippen molar-refractivity contribution >= 4 is 23.2 Å². The van der Waals surface area contributed by atoms with Gasteiger partial charge in [0.25, 0.3) is 0 Å². The van der Waals surface area contributed by atoms with Crippen LogP contribution in [0, 0.1) is 0 Å². The van der Waals surface area contributed by atoms with Gasteiger partial charge in [0.1, 0.15) is 10.8 Å². The zero-order valence-corrected chi connectivity index (χ0v) is 11.5. The second-order valence-corrected chi connectivity index (χ2v) is 4.54. The molecular formula is C14H13Cl2NO. The van der Waals surface area contributed by atoms with Crippen LogP contribution in [0.4, 0.5) is 0 Å². The van der Waals surface area contributed by atoms with Crippen LogP contribution in [0.1, 0.15) is 18.1 Å². The summed E-state index contributed by atoms with van der Waals surface area (Å²) in [6.07, 6.45) is 2.67. The predicted octanol–water partition coefficient (Wildman–Crippen LogP) is 4.83. The highest BCUT2D eigenvalue weighted by molar-refractivity contribution is 6.32. The predicted molar refractivity (Wildman–Crippen MR) is 74.7 cm³/mol. The minimum absolute atomic E-state index is 0.387. The molecule has 4 heteroatoms. The monoisotopic (exact) mass is 281 g/mol. The molecule has 0 aliphatic heterocycles. The molecule has 0 amide bonds. The van der Waals surface area contributed by atoms with Crippen molar-refractivity contribution in [2.75, 3.05) is 0 Å². The van der Waals surface area contributed by atoms with Crippen LogP contribution in [0.25, 0.3) is 0 Å². The van der Waals surface area contributed by atoms with Crippen LogP contribution in [0.15, 0.2) is 36.5 Å². The minimum Gasteiger partial charge on any atom is -0.438 e. The molecular weight excluding hydrogens is 269 g/mol. The van der Waals surface area contributed by atoms with Crippen molar-refractivity contribution in [3.63, 3.8) is 0 Å². The molecule has 18 heavy (non-hydrogen) atoms. The van der Waals surface area contributed by atoms with Gasteiger partial charge in [-0.25, -0.2) is 4.98 Å². The average molecular weight is 282 g/mol. The molecule has 2 aromatic rings. The standard InChI is InChI=1S/C14H13Cl2NO/c1-2-10-3-5-12(6-4-10)18-14-13(16)7-11(8-15)9-17-14/h3-7,9H,2,8H2,1H3. The molecule has 0 fully saturated rings. The van der Waals surface area contributed by atoms with Gasteiger partial charge in [0, 0.05) is 12.1 Å². The highest BCUT2D eigenvalue weighted by Crippen LogP contribution is 2.28. The summed E-state index contributed by atoms with van der Waals surface area (Å²) in [5.41, 5.74) is 2.13. The first-order valence-corrected chi connectivity index (χ1v) is 6.61. The van der Waals surface area contributed by atoms with Gasteiger partial charge >= 0.3 is 0 Å². The second kappa shape index (κ2) is 6.07. The number of hydrogen-bond acceptors (Lipinski definition) is 2. The number of nitrogens with zero attached hydrogens (tertiary/aromatic N) is 1. The molecule has 0 saturated carbocycles. The third kappa shape index (κ3) is 3.15. The van der Waals surface area contributed by atoms with Gasteiger partial charge in [-0.05, 0) is 35.7 Å². The molecule has 1 aromatic heterocycles. The van der Waals surface area contributed by atoms with Crippen LogP contribution in [0.5, 0.6) is 11.6 Å². The van der Waals surface area contributed by atoms with Crippen LogP contribution >= 0.6 is 23.2 Å². The molecule has 1 heterocycles. The van der Waals surface area contributed by atoms with E-state index >= 15 is 0 Å². The van der Waals surface area contributed by atoms with Crippen molar-refractivity contribution in [1.82, 2.24) is 4.98 Å². The van der Waals surface area contributed by atoms with Crippen molar-refractivity contribution in [2.45, 2.75) is 19.2 Å². The Balaban J connectivity index is 2.17. The van der Waals surface area contributed by atoms with E-state index in [9.17, 15) is 0 Å². The Morgan fingerprint density at radius 2 is 1.89 bits per heavy atom. The molecule has 2 rings (SSSR count). The first-order valence-electron chi connectivity index (χ1n) is 5.70. The Labute approximate surface area is 117 Å². The molecule has 0 unspecified atom stereocenters. The van der Waals surface area contributed by atoms with E-state index in [-0.39, 0.29) is 0 Å². The lowest BCUT2D eigenvalue weighted by Crippen LogP contribution is -1.91. The number of aromatic nitrogens is 1. The Bertz CT molecular complexity index is 526. The van der Waals surface area contributed by atoms with Gasteiger partial charge in [-0.3, -0.25) is 0 Å². The summed E-state index contributed by atoms with van der Waals surface area (Å²) in [6, 6.07) is 9.63. The summed E-state index contributed by atoms with van der Waals surface area (Å²) in [5, 5.41) is 0.465. The van der Waals surface area contributed by atoms with Crippen LogP contribution in [0.2, 0.25) is 5.02 Å². The zero-order valence-electron chi connectivity index (χ0n) is 9.99. The fourth-order valence-corrected chi connectivity index (χ4v) is 1.89. The molecule has 0 radical (unpaired) electrons. The number of hydrogen-bond donors (Lipinski definition) is 0. The maximum Gasteiger partial charge on any atom is 0.238 e. The third-order valence-corrected chi connectivity index (χ3v) is 3.14. The minimum atomic E-state index is 0.387. The van der Waals surface area contributed by atoms with E-state index in [1.807, 2.05) is 24.3 Å². The lowest BCUT2D eigenvalue weighted by atomic mass is 10.2. The fraction of sp³-hybridized carbons (Fsp3) is 0.214. The van der Waals surface area contributed by atoms with Gasteiger partial charge in [-0.2, -0.15) is 0 Å². The van der Waals surface area contributed by atoms with E-state index in [0.29, 0.717) is 16.8 Å². The third-order valence-electron chi connectivity index (χ3n) is 2.56. The molecule has 0 atom stereocenters. The number of ether oxygens (including phenoxy) is 1. The van der Waals surface area contributed by atoms with Crippen molar-refractivity contribution in [1.29, 1.82) is 0 Å². The number of benzene rings is 1. The highest BCUT2D eigenvalue weighted by Gasteiger charge is 2.06. The smallest absolute Gasteiger partial charge is 0.238 e. The van der Waals surface area contributed by atoms with Gasteiger partial charge in [0.2, 0.25) is 5.88 Å². The van der Waals surface area contributed by atoms with Crippen LogP contribution in [-0.2, 0) is 12.3 Å². The molecule has 0 N–H and O–H groups in total. The van der Waals surface area contributed by atoms with Crippen molar-refractivity contribution < 1.29 is 4.74 Å². The molecule has 0 aliphatic rings. The molecule has 0 spiro atoms. The number of pyridine rings is 1. The summed E-state index contributed by atoms with van der Waals surface area (Å²) in [4.78, 5) is 4.15. The van der Waals surface area contributed by atoms with E-state index in [2.05, 4.69) is 11.9 Å². The quantitative estimate of drug-likeness (QED) is 0.749. The Morgan fingerprint density at radius 3 is 2.44 bits per heavy atom. The Hall–Kier alpha value is -1.25. The maximum absolute atomic E-state index is 6.07. The van der Waals surface area contributed by atoms with E-state index in [1.165, 1.54) is 5.56 Å². The first kappa shape index (κ1) is 13.2. The van der Waals surface area contributed by atoms with Gasteiger partial charge in [0.15, 0.2) is 0 Å².